The van der Waals surface area contributed by atoms with E-state index in [4.69, 9.17) is 9.84 Å². The first-order chi connectivity index (χ1) is 18.9. The number of benzene rings is 2. The Morgan fingerprint density at radius 1 is 1.10 bits per heavy atom. The van der Waals surface area contributed by atoms with Gasteiger partial charge in [-0.3, -0.25) is 9.00 Å². The number of carbonyl (C=O) groups is 1. The van der Waals surface area contributed by atoms with Crippen molar-refractivity contribution >= 4 is 22.8 Å². The Morgan fingerprint density at radius 3 is 2.38 bits per heavy atom. The van der Waals surface area contributed by atoms with E-state index in [2.05, 4.69) is 15.6 Å². The van der Waals surface area contributed by atoms with Gasteiger partial charge in [0.2, 0.25) is 5.91 Å². The van der Waals surface area contributed by atoms with Crippen molar-refractivity contribution in [3.05, 3.63) is 72.3 Å². The molecule has 8 nitrogen and oxygen atoms in total. The third kappa shape index (κ3) is 7.30. The van der Waals surface area contributed by atoms with Crippen LogP contribution in [0.15, 0.2) is 71.6 Å². The number of ether oxygens (including phenoxy) is 1. The molecule has 1 unspecified atom stereocenters. The van der Waals surface area contributed by atoms with Crippen molar-refractivity contribution in [2.24, 2.45) is 0 Å². The monoisotopic (exact) mass is 556 g/mol. The Labute approximate surface area is 237 Å². The molecule has 3 N–H and O–H groups in total. The summed E-state index contributed by atoms with van der Waals surface area (Å²) < 4.78 is 27.5. The SMILES string of the molecule is COc1ccc(C2(C(=O)Nc3cccc(-c4ccc(S(=O)[O-])cc4)n3)CCCCC2)cc1.OC[C@H]1CCCN1.[HH].[HH].[HH]. The van der Waals surface area contributed by atoms with E-state index in [1.165, 1.54) is 18.6 Å². The maximum atomic E-state index is 13.6. The normalized spacial score (nSPS) is 18.9. The molecule has 5 rings (SSSR count). The molecule has 9 heteroatoms. The molecule has 2 aliphatic rings. The summed E-state index contributed by atoms with van der Waals surface area (Å²) in [5, 5.41) is 14.7. The van der Waals surface area contributed by atoms with E-state index < -0.39 is 16.5 Å². The molecule has 1 saturated heterocycles. The average molecular weight is 557 g/mol. The van der Waals surface area contributed by atoms with Gasteiger partial charge in [-0.2, -0.15) is 0 Å². The van der Waals surface area contributed by atoms with Crippen molar-refractivity contribution in [2.45, 2.75) is 61.3 Å². The minimum absolute atomic E-state index is 0. The van der Waals surface area contributed by atoms with Crippen molar-refractivity contribution in [3.63, 3.8) is 0 Å². The number of hydrogen-bond acceptors (Lipinski definition) is 7. The Morgan fingerprint density at radius 2 is 1.82 bits per heavy atom. The van der Waals surface area contributed by atoms with Gasteiger partial charge in [0, 0.05) is 20.8 Å². The third-order valence-corrected chi connectivity index (χ3v) is 8.16. The second kappa shape index (κ2) is 13.8. The zero-order chi connectivity index (χ0) is 27.7. The fraction of sp³-hybridized carbons (Fsp3) is 0.400. The molecule has 1 saturated carbocycles. The molecule has 214 valence electrons. The van der Waals surface area contributed by atoms with Crippen LogP contribution in [0.2, 0.25) is 0 Å². The van der Waals surface area contributed by atoms with E-state index in [0.29, 0.717) is 24.2 Å². The summed E-state index contributed by atoms with van der Waals surface area (Å²) in [7, 11) is 1.63. The molecule has 1 amide bonds. The van der Waals surface area contributed by atoms with Crippen molar-refractivity contribution in [1.29, 1.82) is 0 Å². The fourth-order valence-corrected chi connectivity index (χ4v) is 5.62. The van der Waals surface area contributed by atoms with E-state index in [1.807, 2.05) is 36.4 Å². The highest BCUT2D eigenvalue weighted by atomic mass is 32.2. The molecule has 0 radical (unpaired) electrons. The first-order valence-electron chi connectivity index (χ1n) is 13.4. The zero-order valence-electron chi connectivity index (χ0n) is 22.2. The van der Waals surface area contributed by atoms with Gasteiger partial charge in [-0.05, 0) is 85.3 Å². The summed E-state index contributed by atoms with van der Waals surface area (Å²) in [5.74, 6) is 1.19. The Hall–Kier alpha value is -3.11. The second-order valence-corrected chi connectivity index (χ2v) is 10.9. The fourth-order valence-electron chi connectivity index (χ4n) is 5.26. The number of carbonyl (C=O) groups excluding carboxylic acids is 1. The van der Waals surface area contributed by atoms with Crippen LogP contribution >= 0.6 is 0 Å². The number of anilines is 1. The van der Waals surface area contributed by atoms with Crippen LogP contribution in [0.3, 0.4) is 0 Å². The number of hydrogen-bond donors (Lipinski definition) is 3. The summed E-state index contributed by atoms with van der Waals surface area (Å²) in [4.78, 5) is 18.4. The molecule has 0 bridgehead atoms. The van der Waals surface area contributed by atoms with Gasteiger partial charge in [-0.1, -0.05) is 49.6 Å². The first kappa shape index (κ1) is 28.9. The molecule has 1 aromatic heterocycles. The molecule has 39 heavy (non-hydrogen) atoms. The largest absolute Gasteiger partial charge is 0.768 e. The van der Waals surface area contributed by atoms with Gasteiger partial charge in [0.15, 0.2) is 0 Å². The Kier molecular flexibility index (Phi) is 10.2. The van der Waals surface area contributed by atoms with Gasteiger partial charge >= 0.3 is 0 Å². The van der Waals surface area contributed by atoms with E-state index in [0.717, 1.165) is 61.9 Å². The molecule has 2 aromatic carbocycles. The van der Waals surface area contributed by atoms with E-state index in [1.54, 1.807) is 25.3 Å². The minimum Gasteiger partial charge on any atom is -0.768 e. The van der Waals surface area contributed by atoms with Crippen LogP contribution in [-0.2, 0) is 21.3 Å². The predicted molar refractivity (Wildman–Crippen MR) is 158 cm³/mol. The predicted octanol–water partition coefficient (Wildman–Crippen LogP) is 5.30. The molecule has 2 fully saturated rings. The second-order valence-electron chi connectivity index (χ2n) is 9.97. The number of aromatic nitrogens is 1. The lowest BCUT2D eigenvalue weighted by molar-refractivity contribution is -0.122. The number of aliphatic hydroxyl groups excluding tert-OH is 1. The molecule has 3 aromatic rings. The lowest BCUT2D eigenvalue weighted by Crippen LogP contribution is -2.42. The van der Waals surface area contributed by atoms with Gasteiger partial charge in [0.1, 0.15) is 11.6 Å². The van der Waals surface area contributed by atoms with Gasteiger partial charge < -0.3 is 25.0 Å². The topological polar surface area (TPSA) is 124 Å². The van der Waals surface area contributed by atoms with E-state index >= 15 is 0 Å². The number of nitrogens with one attached hydrogen (secondary N) is 2. The molecule has 2 heterocycles. The standard InChI is InChI=1S/C25H26N2O4S.C5H11NO.3H2/c1-31-20-12-10-19(11-13-20)25(16-3-2-4-17-25)24(28)27-23-7-5-6-22(26-23)18-8-14-21(15-9-18)32(29)30;7-4-5-2-1-3-6-5;;;/h5-15H,2-4,16-17H2,1H3,(H,29,30)(H,26,27,28);5-7H,1-4H2;3*1H/p-1/t;5-;;;/m.1.../s1. The van der Waals surface area contributed by atoms with Crippen molar-refractivity contribution in [1.82, 2.24) is 10.3 Å². The maximum absolute atomic E-state index is 13.6. The Bertz CT molecular complexity index is 1250. The van der Waals surface area contributed by atoms with Gasteiger partial charge in [-0.15, -0.1) is 0 Å². The Balaban J connectivity index is 0.000000777. The van der Waals surface area contributed by atoms with Gasteiger partial charge in [0.05, 0.1) is 24.8 Å². The van der Waals surface area contributed by atoms with E-state index in [9.17, 15) is 13.6 Å². The molecule has 2 atom stereocenters. The van der Waals surface area contributed by atoms with Crippen LogP contribution < -0.4 is 15.4 Å². The third-order valence-electron chi connectivity index (χ3n) is 7.50. The highest BCUT2D eigenvalue weighted by Crippen LogP contribution is 2.41. The minimum atomic E-state index is -2.27. The average Bonchev–Trinajstić information content (AvgIpc) is 3.52. The lowest BCUT2D eigenvalue weighted by atomic mass is 9.68. The highest BCUT2D eigenvalue weighted by Gasteiger charge is 2.41. The van der Waals surface area contributed by atoms with Crippen LogP contribution in [-0.4, -0.2) is 51.1 Å². The summed E-state index contributed by atoms with van der Waals surface area (Å²) in [6, 6.07) is 20.1. The first-order valence-corrected chi connectivity index (χ1v) is 14.5. The number of methoxy groups -OCH3 is 1. The maximum Gasteiger partial charge on any atom is 0.236 e. The van der Waals surface area contributed by atoms with Crippen LogP contribution in [0.1, 0.15) is 54.8 Å². The summed E-state index contributed by atoms with van der Waals surface area (Å²) in [6.45, 7) is 1.39. The van der Waals surface area contributed by atoms with Gasteiger partial charge in [0.25, 0.3) is 0 Å². The van der Waals surface area contributed by atoms with Crippen LogP contribution in [0, 0.1) is 0 Å². The quantitative estimate of drug-likeness (QED) is 0.337. The number of rotatable bonds is 7. The molecular formula is C30H42N3O5S-. The summed E-state index contributed by atoms with van der Waals surface area (Å²) in [5.41, 5.74) is 1.83. The lowest BCUT2D eigenvalue weighted by Gasteiger charge is -2.36. The van der Waals surface area contributed by atoms with E-state index in [-0.39, 0.29) is 15.1 Å². The highest BCUT2D eigenvalue weighted by molar-refractivity contribution is 7.79. The van der Waals surface area contributed by atoms with Crippen LogP contribution in [0.4, 0.5) is 5.82 Å². The summed E-state index contributed by atoms with van der Waals surface area (Å²) in [6.07, 6.45) is 7.09. The zero-order valence-corrected chi connectivity index (χ0v) is 23.0. The number of amides is 1. The summed E-state index contributed by atoms with van der Waals surface area (Å²) >= 11 is -2.27. The number of nitrogens with zero attached hydrogens (tertiary/aromatic N) is 1. The number of aliphatic hydroxyl groups is 1. The van der Waals surface area contributed by atoms with Crippen molar-refractivity contribution < 1.29 is 27.7 Å². The molecule has 0 spiro atoms. The number of pyridine rings is 1. The van der Waals surface area contributed by atoms with Crippen molar-refractivity contribution in [2.75, 3.05) is 25.6 Å². The smallest absolute Gasteiger partial charge is 0.236 e. The van der Waals surface area contributed by atoms with Crippen molar-refractivity contribution in [3.8, 4) is 17.0 Å². The molecule has 1 aliphatic carbocycles. The molecular weight excluding hydrogens is 514 g/mol. The van der Waals surface area contributed by atoms with Crippen LogP contribution in [0.25, 0.3) is 11.3 Å². The molecule has 1 aliphatic heterocycles. The van der Waals surface area contributed by atoms with Gasteiger partial charge in [-0.25, -0.2) is 4.98 Å². The van der Waals surface area contributed by atoms with Crippen LogP contribution in [0.5, 0.6) is 5.75 Å².